The zero-order chi connectivity index (χ0) is 19.5. The molecule has 0 saturated heterocycles. The minimum Gasteiger partial charge on any atom is -0.467 e. The third kappa shape index (κ3) is 3.57. The number of rotatable bonds is 5. The Balaban J connectivity index is 1.69. The largest absolute Gasteiger partial charge is 0.467 e. The minimum absolute atomic E-state index is 0.0614. The molecule has 2 heterocycles. The first-order valence-electron chi connectivity index (χ1n) is 8.97. The van der Waals surface area contributed by atoms with Crippen LogP contribution in [0.2, 0.25) is 0 Å². The molecule has 0 aliphatic carbocycles. The van der Waals surface area contributed by atoms with E-state index in [1.54, 1.807) is 29.4 Å². The number of anilines is 1. The molecule has 0 saturated carbocycles. The summed E-state index contributed by atoms with van der Waals surface area (Å²) in [4.78, 5) is 26.9. The van der Waals surface area contributed by atoms with E-state index in [1.807, 2.05) is 49.4 Å². The van der Waals surface area contributed by atoms with Crippen molar-refractivity contribution in [3.8, 4) is 0 Å². The molecular weight excluding hydrogens is 354 g/mol. The molecule has 0 radical (unpaired) electrons. The number of nitrogens with one attached hydrogen (secondary N) is 1. The van der Waals surface area contributed by atoms with E-state index >= 15 is 0 Å². The fourth-order valence-electron chi connectivity index (χ4n) is 3.15. The molecule has 2 aromatic carbocycles. The number of fused-ring (bicyclic) bond motifs is 1. The maximum absolute atomic E-state index is 13.2. The van der Waals surface area contributed by atoms with E-state index in [-0.39, 0.29) is 17.9 Å². The molecular formula is C22H19N3O3. The second-order valence-electron chi connectivity index (χ2n) is 6.62. The van der Waals surface area contributed by atoms with Crippen molar-refractivity contribution in [1.82, 2.24) is 10.2 Å². The zero-order valence-corrected chi connectivity index (χ0v) is 15.4. The lowest BCUT2D eigenvalue weighted by Gasteiger charge is -2.22. The van der Waals surface area contributed by atoms with Crippen LogP contribution in [-0.4, -0.2) is 16.1 Å². The van der Waals surface area contributed by atoms with Crippen LogP contribution in [0.1, 0.15) is 17.0 Å². The van der Waals surface area contributed by atoms with Crippen molar-refractivity contribution < 1.29 is 9.21 Å². The molecule has 0 unspecified atom stereocenters. The van der Waals surface area contributed by atoms with Gasteiger partial charge in [-0.05, 0) is 37.3 Å². The molecule has 0 aliphatic rings. The number of aromatic amines is 1. The average Bonchev–Trinajstić information content (AvgIpc) is 3.22. The number of nitrogens with zero attached hydrogens (tertiary/aromatic N) is 2. The summed E-state index contributed by atoms with van der Waals surface area (Å²) in [6.45, 7) is 2.31. The lowest BCUT2D eigenvalue weighted by molar-refractivity contribution is -0.118. The van der Waals surface area contributed by atoms with E-state index in [0.29, 0.717) is 28.8 Å². The van der Waals surface area contributed by atoms with Crippen LogP contribution in [0.3, 0.4) is 0 Å². The van der Waals surface area contributed by atoms with Crippen LogP contribution >= 0.6 is 0 Å². The van der Waals surface area contributed by atoms with Gasteiger partial charge in [0.2, 0.25) is 5.91 Å². The van der Waals surface area contributed by atoms with Gasteiger partial charge in [0.25, 0.3) is 5.56 Å². The van der Waals surface area contributed by atoms with Gasteiger partial charge in [0.1, 0.15) is 5.76 Å². The molecule has 2 aromatic heterocycles. The standard InChI is InChI=1S/C22H19N3O3/c1-15-8-10-16(11-9-15)25(14-17-5-4-12-28-17)21(26)13-20-18-6-2-3-7-19(18)22(27)24-23-20/h2-12H,13-14H2,1H3,(H,24,27). The molecule has 0 aliphatic heterocycles. The Hall–Kier alpha value is -3.67. The van der Waals surface area contributed by atoms with Gasteiger partial charge in [0, 0.05) is 11.1 Å². The maximum atomic E-state index is 13.2. The van der Waals surface area contributed by atoms with Gasteiger partial charge in [-0.1, -0.05) is 35.9 Å². The molecule has 0 bridgehead atoms. The van der Waals surface area contributed by atoms with E-state index in [2.05, 4.69) is 10.2 Å². The topological polar surface area (TPSA) is 79.2 Å². The van der Waals surface area contributed by atoms with E-state index < -0.39 is 0 Å². The molecule has 0 fully saturated rings. The van der Waals surface area contributed by atoms with Crippen molar-refractivity contribution in [3.63, 3.8) is 0 Å². The van der Waals surface area contributed by atoms with Crippen LogP contribution in [0, 0.1) is 6.92 Å². The number of aryl methyl sites for hydroxylation is 1. The number of amides is 1. The summed E-state index contributed by atoms with van der Waals surface area (Å²) >= 11 is 0. The summed E-state index contributed by atoms with van der Waals surface area (Å²) in [6.07, 6.45) is 1.65. The normalized spacial score (nSPS) is 10.9. The van der Waals surface area contributed by atoms with Crippen molar-refractivity contribution in [2.75, 3.05) is 4.90 Å². The fourth-order valence-corrected chi connectivity index (χ4v) is 3.15. The number of hydrogen-bond acceptors (Lipinski definition) is 4. The molecule has 6 nitrogen and oxygen atoms in total. The fraction of sp³-hybridized carbons (Fsp3) is 0.136. The number of carbonyl (C=O) groups excluding carboxylic acids is 1. The van der Waals surface area contributed by atoms with Crippen LogP contribution in [0.5, 0.6) is 0 Å². The van der Waals surface area contributed by atoms with E-state index in [4.69, 9.17) is 4.42 Å². The number of carbonyl (C=O) groups is 1. The zero-order valence-electron chi connectivity index (χ0n) is 15.4. The molecule has 4 aromatic rings. The van der Waals surface area contributed by atoms with Crippen LogP contribution in [0.4, 0.5) is 5.69 Å². The van der Waals surface area contributed by atoms with Crippen molar-refractivity contribution in [3.05, 3.63) is 94.3 Å². The first-order valence-corrected chi connectivity index (χ1v) is 8.97. The number of hydrogen-bond donors (Lipinski definition) is 1. The lowest BCUT2D eigenvalue weighted by atomic mass is 10.1. The molecule has 1 amide bonds. The molecule has 4 rings (SSSR count). The lowest BCUT2D eigenvalue weighted by Crippen LogP contribution is -2.32. The van der Waals surface area contributed by atoms with E-state index in [0.717, 1.165) is 11.3 Å². The maximum Gasteiger partial charge on any atom is 0.272 e. The van der Waals surface area contributed by atoms with Crippen molar-refractivity contribution in [2.24, 2.45) is 0 Å². The number of H-pyrrole nitrogens is 1. The highest BCUT2D eigenvalue weighted by Gasteiger charge is 2.20. The molecule has 0 atom stereocenters. The number of furan rings is 1. The Morgan fingerprint density at radius 3 is 2.50 bits per heavy atom. The summed E-state index contributed by atoms with van der Waals surface area (Å²) in [5.41, 5.74) is 2.16. The second kappa shape index (κ2) is 7.52. The van der Waals surface area contributed by atoms with Crippen LogP contribution in [0.15, 0.2) is 76.1 Å². The average molecular weight is 373 g/mol. The molecule has 0 spiro atoms. The van der Waals surface area contributed by atoms with E-state index in [9.17, 15) is 9.59 Å². The Bertz CT molecular complexity index is 1160. The summed E-state index contributed by atoms with van der Waals surface area (Å²) in [5, 5.41) is 7.81. The van der Waals surface area contributed by atoms with Gasteiger partial charge in [-0.3, -0.25) is 9.59 Å². The first kappa shape index (κ1) is 17.7. The number of aromatic nitrogens is 2. The third-order valence-electron chi connectivity index (χ3n) is 4.63. The summed E-state index contributed by atoms with van der Waals surface area (Å²) in [5.74, 6) is 0.554. The molecule has 140 valence electrons. The molecule has 28 heavy (non-hydrogen) atoms. The van der Waals surface area contributed by atoms with Crippen LogP contribution in [-0.2, 0) is 17.8 Å². The predicted molar refractivity (Wildman–Crippen MR) is 107 cm³/mol. The van der Waals surface area contributed by atoms with Gasteiger partial charge in [0.15, 0.2) is 0 Å². The quantitative estimate of drug-likeness (QED) is 0.580. The van der Waals surface area contributed by atoms with Gasteiger partial charge < -0.3 is 9.32 Å². The third-order valence-corrected chi connectivity index (χ3v) is 4.63. The minimum atomic E-state index is -0.266. The Morgan fingerprint density at radius 2 is 1.79 bits per heavy atom. The first-order chi connectivity index (χ1) is 13.6. The van der Waals surface area contributed by atoms with Crippen molar-refractivity contribution >= 4 is 22.4 Å². The van der Waals surface area contributed by atoms with Gasteiger partial charge in [0.05, 0.1) is 30.3 Å². The molecule has 1 N–H and O–H groups in total. The Morgan fingerprint density at radius 1 is 1.04 bits per heavy atom. The SMILES string of the molecule is Cc1ccc(N(Cc2ccco2)C(=O)Cc2n[nH]c(=O)c3ccccc23)cc1. The smallest absolute Gasteiger partial charge is 0.272 e. The van der Waals surface area contributed by atoms with Gasteiger partial charge >= 0.3 is 0 Å². The number of benzene rings is 2. The Kier molecular flexibility index (Phi) is 4.76. The second-order valence-corrected chi connectivity index (χ2v) is 6.62. The highest BCUT2D eigenvalue weighted by molar-refractivity contribution is 5.97. The molecule has 6 heteroatoms. The highest BCUT2D eigenvalue weighted by atomic mass is 16.3. The van der Waals surface area contributed by atoms with Crippen LogP contribution < -0.4 is 10.5 Å². The summed E-state index contributed by atoms with van der Waals surface area (Å²) in [7, 11) is 0. The monoisotopic (exact) mass is 373 g/mol. The van der Waals surface area contributed by atoms with Gasteiger partial charge in [-0.15, -0.1) is 0 Å². The Labute approximate surface area is 161 Å². The highest BCUT2D eigenvalue weighted by Crippen LogP contribution is 2.21. The van der Waals surface area contributed by atoms with E-state index in [1.165, 1.54) is 0 Å². The van der Waals surface area contributed by atoms with Crippen molar-refractivity contribution in [2.45, 2.75) is 19.9 Å². The summed E-state index contributed by atoms with van der Waals surface area (Å²) in [6, 6.07) is 18.5. The van der Waals surface area contributed by atoms with Gasteiger partial charge in [-0.2, -0.15) is 5.10 Å². The van der Waals surface area contributed by atoms with Gasteiger partial charge in [-0.25, -0.2) is 5.10 Å². The van der Waals surface area contributed by atoms with Crippen molar-refractivity contribution in [1.29, 1.82) is 0 Å². The van der Waals surface area contributed by atoms with Crippen LogP contribution in [0.25, 0.3) is 10.8 Å². The predicted octanol–water partition coefficient (Wildman–Crippen LogP) is 3.60. The summed E-state index contributed by atoms with van der Waals surface area (Å²) < 4.78 is 5.44.